The van der Waals surface area contributed by atoms with Crippen molar-refractivity contribution in [3.63, 3.8) is 0 Å². The van der Waals surface area contributed by atoms with Gasteiger partial charge in [0.15, 0.2) is 0 Å². The zero-order valence-electron chi connectivity index (χ0n) is 9.19. The molecule has 0 bridgehead atoms. The van der Waals surface area contributed by atoms with E-state index in [9.17, 15) is 0 Å². The summed E-state index contributed by atoms with van der Waals surface area (Å²) in [6.07, 6.45) is 5.54. The first-order valence-corrected chi connectivity index (χ1v) is 5.63. The van der Waals surface area contributed by atoms with E-state index < -0.39 is 0 Å². The number of nitrogens with zero attached hydrogens (tertiary/aromatic N) is 3. The number of anilines is 2. The molecule has 0 atom stereocenters. The molecule has 0 saturated heterocycles. The summed E-state index contributed by atoms with van der Waals surface area (Å²) in [6, 6.07) is 1.73. The molecule has 1 saturated carbocycles. The highest BCUT2D eigenvalue weighted by molar-refractivity contribution is 5.37. The second kappa shape index (κ2) is 4.47. The van der Waals surface area contributed by atoms with Gasteiger partial charge in [-0.1, -0.05) is 6.92 Å². The van der Waals surface area contributed by atoms with Crippen LogP contribution in [0.3, 0.4) is 0 Å². The second-order valence-corrected chi connectivity index (χ2v) is 4.17. The van der Waals surface area contributed by atoms with Gasteiger partial charge in [0.2, 0.25) is 5.95 Å². The Bertz CT molecular complexity index is 322. The largest absolute Gasteiger partial charge is 0.384 e. The lowest BCUT2D eigenvalue weighted by Gasteiger charge is -2.21. The van der Waals surface area contributed by atoms with Crippen LogP contribution in [0.1, 0.15) is 26.2 Å². The first-order chi connectivity index (χ1) is 7.29. The van der Waals surface area contributed by atoms with E-state index in [1.165, 1.54) is 12.8 Å². The number of hydrogen-bond donors (Lipinski definition) is 1. The minimum atomic E-state index is 0.553. The van der Waals surface area contributed by atoms with E-state index in [-0.39, 0.29) is 0 Å². The molecule has 15 heavy (non-hydrogen) atoms. The summed E-state index contributed by atoms with van der Waals surface area (Å²) in [5, 5.41) is 0. The van der Waals surface area contributed by atoms with Gasteiger partial charge in [-0.2, -0.15) is 4.98 Å². The molecule has 0 aromatic carbocycles. The zero-order valence-corrected chi connectivity index (χ0v) is 9.19. The Labute approximate surface area is 90.5 Å². The molecule has 0 unspecified atom stereocenters. The van der Waals surface area contributed by atoms with Gasteiger partial charge in [-0.3, -0.25) is 0 Å². The van der Waals surface area contributed by atoms with E-state index in [1.807, 2.05) is 0 Å². The number of aromatic nitrogens is 2. The van der Waals surface area contributed by atoms with Gasteiger partial charge < -0.3 is 10.6 Å². The Kier molecular flexibility index (Phi) is 3.04. The van der Waals surface area contributed by atoms with Crippen LogP contribution in [0.25, 0.3) is 0 Å². The number of hydrogen-bond acceptors (Lipinski definition) is 4. The van der Waals surface area contributed by atoms with Crippen molar-refractivity contribution in [1.82, 2.24) is 9.97 Å². The van der Waals surface area contributed by atoms with E-state index in [0.29, 0.717) is 5.82 Å². The highest BCUT2D eigenvalue weighted by Gasteiger charge is 2.25. The third-order valence-corrected chi connectivity index (χ3v) is 2.62. The van der Waals surface area contributed by atoms with E-state index >= 15 is 0 Å². The van der Waals surface area contributed by atoms with Crippen LogP contribution < -0.4 is 10.6 Å². The van der Waals surface area contributed by atoms with E-state index in [1.54, 1.807) is 12.3 Å². The molecule has 2 rings (SSSR count). The highest BCUT2D eigenvalue weighted by atomic mass is 15.3. The lowest BCUT2D eigenvalue weighted by atomic mass is 10.3. The number of rotatable bonds is 5. The summed E-state index contributed by atoms with van der Waals surface area (Å²) in [7, 11) is 0. The topological polar surface area (TPSA) is 55.0 Å². The molecule has 1 aromatic heterocycles. The zero-order chi connectivity index (χ0) is 10.7. The maximum atomic E-state index is 5.66. The summed E-state index contributed by atoms with van der Waals surface area (Å²) in [5.74, 6) is 2.18. The smallest absolute Gasteiger partial charge is 0.227 e. The molecule has 1 aliphatic carbocycles. The molecule has 1 fully saturated rings. The standard InChI is InChI=1S/C11H18N4/c1-2-7-15(8-9-3-4-9)11-13-6-5-10(12)14-11/h5-6,9H,2-4,7-8H2,1H3,(H2,12,13,14). The van der Waals surface area contributed by atoms with Crippen molar-refractivity contribution < 1.29 is 0 Å². The van der Waals surface area contributed by atoms with E-state index in [0.717, 1.165) is 31.4 Å². The molecule has 4 heteroatoms. The van der Waals surface area contributed by atoms with Gasteiger partial charge in [-0.15, -0.1) is 0 Å². The number of nitrogen functional groups attached to an aromatic ring is 1. The predicted molar refractivity (Wildman–Crippen MR) is 61.7 cm³/mol. The van der Waals surface area contributed by atoms with Crippen LogP contribution in [0, 0.1) is 5.92 Å². The van der Waals surface area contributed by atoms with Crippen molar-refractivity contribution >= 4 is 11.8 Å². The Morgan fingerprint density at radius 2 is 2.33 bits per heavy atom. The Balaban J connectivity index is 2.07. The first-order valence-electron chi connectivity index (χ1n) is 5.63. The molecular weight excluding hydrogens is 188 g/mol. The molecule has 0 spiro atoms. The van der Waals surface area contributed by atoms with Crippen molar-refractivity contribution in [3.8, 4) is 0 Å². The van der Waals surface area contributed by atoms with Gasteiger partial charge in [0, 0.05) is 19.3 Å². The van der Waals surface area contributed by atoms with Crippen molar-refractivity contribution in [3.05, 3.63) is 12.3 Å². The summed E-state index contributed by atoms with van der Waals surface area (Å²) in [5.41, 5.74) is 5.66. The van der Waals surface area contributed by atoms with Gasteiger partial charge in [-0.25, -0.2) is 4.98 Å². The van der Waals surface area contributed by atoms with Gasteiger partial charge >= 0.3 is 0 Å². The molecule has 1 heterocycles. The highest BCUT2D eigenvalue weighted by Crippen LogP contribution is 2.30. The molecule has 4 nitrogen and oxygen atoms in total. The fourth-order valence-electron chi connectivity index (χ4n) is 1.67. The fourth-order valence-corrected chi connectivity index (χ4v) is 1.67. The Morgan fingerprint density at radius 3 is 2.93 bits per heavy atom. The van der Waals surface area contributed by atoms with E-state index in [2.05, 4.69) is 21.8 Å². The van der Waals surface area contributed by atoms with Crippen LogP contribution in [-0.4, -0.2) is 23.1 Å². The SMILES string of the molecule is CCCN(CC1CC1)c1nccc(N)n1. The van der Waals surface area contributed by atoms with Gasteiger partial charge in [0.1, 0.15) is 5.82 Å². The molecule has 1 aliphatic rings. The van der Waals surface area contributed by atoms with Crippen LogP contribution in [-0.2, 0) is 0 Å². The van der Waals surface area contributed by atoms with Crippen molar-refractivity contribution in [2.45, 2.75) is 26.2 Å². The first kappa shape index (κ1) is 10.2. The van der Waals surface area contributed by atoms with Crippen LogP contribution in [0.2, 0.25) is 0 Å². The van der Waals surface area contributed by atoms with Gasteiger partial charge in [-0.05, 0) is 31.2 Å². The predicted octanol–water partition coefficient (Wildman–Crippen LogP) is 1.69. The minimum absolute atomic E-state index is 0.553. The lowest BCUT2D eigenvalue weighted by Crippen LogP contribution is -2.28. The average Bonchev–Trinajstić information content (AvgIpc) is 3.01. The summed E-state index contributed by atoms with van der Waals surface area (Å²) in [4.78, 5) is 10.8. The van der Waals surface area contributed by atoms with Crippen LogP contribution in [0.15, 0.2) is 12.3 Å². The van der Waals surface area contributed by atoms with Crippen LogP contribution >= 0.6 is 0 Å². The Morgan fingerprint density at radius 1 is 1.53 bits per heavy atom. The summed E-state index contributed by atoms with van der Waals surface area (Å²) >= 11 is 0. The lowest BCUT2D eigenvalue weighted by molar-refractivity contribution is 0.689. The molecule has 0 amide bonds. The Hall–Kier alpha value is -1.32. The third-order valence-electron chi connectivity index (χ3n) is 2.62. The number of nitrogens with two attached hydrogens (primary N) is 1. The van der Waals surface area contributed by atoms with Gasteiger partial charge in [0.25, 0.3) is 0 Å². The maximum absolute atomic E-state index is 5.66. The van der Waals surface area contributed by atoms with E-state index in [4.69, 9.17) is 5.73 Å². The minimum Gasteiger partial charge on any atom is -0.384 e. The molecule has 82 valence electrons. The second-order valence-electron chi connectivity index (χ2n) is 4.17. The average molecular weight is 206 g/mol. The van der Waals surface area contributed by atoms with Crippen LogP contribution in [0.4, 0.5) is 11.8 Å². The fraction of sp³-hybridized carbons (Fsp3) is 0.636. The molecule has 0 aliphatic heterocycles. The molecule has 2 N–H and O–H groups in total. The quantitative estimate of drug-likeness (QED) is 0.796. The molecule has 0 radical (unpaired) electrons. The molecular formula is C11H18N4. The van der Waals surface area contributed by atoms with Crippen LogP contribution in [0.5, 0.6) is 0 Å². The normalized spacial score (nSPS) is 15.3. The maximum Gasteiger partial charge on any atom is 0.227 e. The third kappa shape index (κ3) is 2.81. The van der Waals surface area contributed by atoms with Crippen molar-refractivity contribution in [2.24, 2.45) is 5.92 Å². The monoisotopic (exact) mass is 206 g/mol. The summed E-state index contributed by atoms with van der Waals surface area (Å²) in [6.45, 7) is 4.27. The van der Waals surface area contributed by atoms with Gasteiger partial charge in [0.05, 0.1) is 0 Å². The van der Waals surface area contributed by atoms with Crippen molar-refractivity contribution in [1.29, 1.82) is 0 Å². The molecule has 1 aromatic rings. The summed E-state index contributed by atoms with van der Waals surface area (Å²) < 4.78 is 0. The van der Waals surface area contributed by atoms with Crippen molar-refractivity contribution in [2.75, 3.05) is 23.7 Å².